The van der Waals surface area contributed by atoms with E-state index < -0.39 is 0 Å². The molecule has 1 rings (SSSR count). The second-order valence-corrected chi connectivity index (χ2v) is 5.94. The van der Waals surface area contributed by atoms with Crippen LogP contribution in [0, 0.1) is 0 Å². The van der Waals surface area contributed by atoms with Crippen LogP contribution in [0.4, 0.5) is 0 Å². The van der Waals surface area contributed by atoms with Gasteiger partial charge in [0.15, 0.2) is 0 Å². The second-order valence-electron chi connectivity index (χ2n) is 3.79. The van der Waals surface area contributed by atoms with Crippen molar-refractivity contribution in [1.29, 1.82) is 0 Å². The third-order valence-electron chi connectivity index (χ3n) is 2.38. The molecular formula is C12H17Cl2NS. The van der Waals surface area contributed by atoms with Gasteiger partial charge in [-0.2, -0.15) is 11.8 Å². The summed E-state index contributed by atoms with van der Waals surface area (Å²) in [5.41, 5.74) is 1.13. The monoisotopic (exact) mass is 277 g/mol. The number of nitrogens with one attached hydrogen (secondary N) is 1. The van der Waals surface area contributed by atoms with E-state index in [0.29, 0.717) is 15.3 Å². The molecule has 0 fully saturated rings. The van der Waals surface area contributed by atoms with E-state index >= 15 is 0 Å². The number of benzene rings is 1. The first kappa shape index (κ1) is 14.2. The van der Waals surface area contributed by atoms with E-state index in [-0.39, 0.29) is 0 Å². The smallest absolute Gasteiger partial charge is 0.0424 e. The van der Waals surface area contributed by atoms with Crippen LogP contribution in [0.15, 0.2) is 18.2 Å². The van der Waals surface area contributed by atoms with Gasteiger partial charge in [0.2, 0.25) is 0 Å². The molecule has 0 spiro atoms. The summed E-state index contributed by atoms with van der Waals surface area (Å²) in [6.45, 7) is 4.08. The van der Waals surface area contributed by atoms with Crippen molar-refractivity contribution in [1.82, 2.24) is 5.32 Å². The van der Waals surface area contributed by atoms with Crippen LogP contribution in [0.1, 0.15) is 18.9 Å². The molecule has 0 aliphatic carbocycles. The molecule has 16 heavy (non-hydrogen) atoms. The van der Waals surface area contributed by atoms with Crippen molar-refractivity contribution in [3.63, 3.8) is 0 Å². The molecule has 90 valence electrons. The first-order chi connectivity index (χ1) is 7.61. The Morgan fingerprint density at radius 1 is 1.25 bits per heavy atom. The lowest BCUT2D eigenvalue weighted by Gasteiger charge is -2.09. The zero-order valence-corrected chi connectivity index (χ0v) is 11.9. The molecule has 0 radical (unpaired) electrons. The third kappa shape index (κ3) is 5.44. The van der Waals surface area contributed by atoms with E-state index in [2.05, 4.69) is 18.5 Å². The Balaban J connectivity index is 2.32. The van der Waals surface area contributed by atoms with Crippen molar-refractivity contribution in [3.8, 4) is 0 Å². The topological polar surface area (TPSA) is 12.0 Å². The molecule has 0 bridgehead atoms. The van der Waals surface area contributed by atoms with Gasteiger partial charge in [-0.15, -0.1) is 0 Å². The van der Waals surface area contributed by atoms with Gasteiger partial charge in [0.05, 0.1) is 0 Å². The summed E-state index contributed by atoms with van der Waals surface area (Å²) in [6, 6.07) is 5.64. The summed E-state index contributed by atoms with van der Waals surface area (Å²) in [7, 11) is 0. The van der Waals surface area contributed by atoms with Crippen molar-refractivity contribution in [2.45, 2.75) is 25.1 Å². The molecule has 0 aliphatic rings. The van der Waals surface area contributed by atoms with Crippen molar-refractivity contribution < 1.29 is 0 Å². The Morgan fingerprint density at radius 3 is 2.44 bits per heavy atom. The molecule has 1 aromatic carbocycles. The highest BCUT2D eigenvalue weighted by atomic mass is 35.5. The minimum absolute atomic E-state index is 0.696. The van der Waals surface area contributed by atoms with Crippen LogP contribution in [0.3, 0.4) is 0 Å². The van der Waals surface area contributed by atoms with Gasteiger partial charge in [-0.1, -0.05) is 30.1 Å². The molecule has 0 heterocycles. The normalized spacial score (nSPS) is 12.8. The molecule has 0 aliphatic heterocycles. The predicted octanol–water partition coefficient (Wildman–Crippen LogP) is 4.22. The van der Waals surface area contributed by atoms with Crippen molar-refractivity contribution >= 4 is 35.0 Å². The Kier molecular flexibility index (Phi) is 6.59. The van der Waals surface area contributed by atoms with Crippen LogP contribution >= 0.6 is 35.0 Å². The average Bonchev–Trinajstić information content (AvgIpc) is 2.22. The molecule has 0 saturated heterocycles. The summed E-state index contributed by atoms with van der Waals surface area (Å²) in [5, 5.41) is 5.49. The number of hydrogen-bond donors (Lipinski definition) is 1. The molecule has 0 amide bonds. The SMILES string of the molecule is CSC(C)CCNCc1cc(Cl)cc(Cl)c1. The highest BCUT2D eigenvalue weighted by molar-refractivity contribution is 7.99. The lowest BCUT2D eigenvalue weighted by Crippen LogP contribution is -2.17. The first-order valence-corrected chi connectivity index (χ1v) is 7.34. The lowest BCUT2D eigenvalue weighted by atomic mass is 10.2. The van der Waals surface area contributed by atoms with Gasteiger partial charge in [0.25, 0.3) is 0 Å². The summed E-state index contributed by atoms with van der Waals surface area (Å²) in [6.07, 6.45) is 3.32. The van der Waals surface area contributed by atoms with Crippen LogP contribution in [-0.2, 0) is 6.54 Å². The molecule has 1 N–H and O–H groups in total. The summed E-state index contributed by atoms with van der Waals surface area (Å²) in [4.78, 5) is 0. The van der Waals surface area contributed by atoms with Crippen LogP contribution in [0.25, 0.3) is 0 Å². The van der Waals surface area contributed by atoms with Gasteiger partial charge < -0.3 is 5.32 Å². The zero-order chi connectivity index (χ0) is 12.0. The van der Waals surface area contributed by atoms with Gasteiger partial charge in [-0.3, -0.25) is 0 Å². The number of thioether (sulfide) groups is 1. The van der Waals surface area contributed by atoms with Gasteiger partial charge in [-0.25, -0.2) is 0 Å². The zero-order valence-electron chi connectivity index (χ0n) is 9.59. The van der Waals surface area contributed by atoms with Crippen LogP contribution in [0.5, 0.6) is 0 Å². The van der Waals surface area contributed by atoms with E-state index in [1.54, 1.807) is 6.07 Å². The van der Waals surface area contributed by atoms with E-state index in [0.717, 1.165) is 18.7 Å². The Labute approximate surface area is 112 Å². The van der Waals surface area contributed by atoms with Crippen LogP contribution < -0.4 is 5.32 Å². The summed E-state index contributed by atoms with van der Waals surface area (Å²) in [5.74, 6) is 0. The Hall–Kier alpha value is 0.110. The van der Waals surface area contributed by atoms with Gasteiger partial charge in [0, 0.05) is 21.8 Å². The summed E-state index contributed by atoms with van der Waals surface area (Å²) >= 11 is 13.7. The maximum atomic E-state index is 5.92. The quantitative estimate of drug-likeness (QED) is 0.782. The number of hydrogen-bond acceptors (Lipinski definition) is 2. The number of rotatable bonds is 6. The first-order valence-electron chi connectivity index (χ1n) is 5.30. The Bertz CT molecular complexity index is 311. The van der Waals surface area contributed by atoms with Gasteiger partial charge in [0.1, 0.15) is 0 Å². The highest BCUT2D eigenvalue weighted by Crippen LogP contribution is 2.18. The summed E-state index contributed by atoms with van der Waals surface area (Å²) < 4.78 is 0. The van der Waals surface area contributed by atoms with E-state index in [9.17, 15) is 0 Å². The average molecular weight is 278 g/mol. The second kappa shape index (κ2) is 7.44. The molecule has 0 saturated carbocycles. The predicted molar refractivity (Wildman–Crippen MR) is 75.8 cm³/mol. The van der Waals surface area contributed by atoms with Gasteiger partial charge >= 0.3 is 0 Å². The lowest BCUT2D eigenvalue weighted by molar-refractivity contribution is 0.648. The third-order valence-corrected chi connectivity index (χ3v) is 3.86. The fourth-order valence-electron chi connectivity index (χ4n) is 1.37. The largest absolute Gasteiger partial charge is 0.313 e. The maximum absolute atomic E-state index is 5.92. The molecule has 1 unspecified atom stereocenters. The minimum atomic E-state index is 0.696. The molecule has 1 aromatic rings. The van der Waals surface area contributed by atoms with E-state index in [4.69, 9.17) is 23.2 Å². The van der Waals surface area contributed by atoms with Crippen molar-refractivity contribution in [3.05, 3.63) is 33.8 Å². The van der Waals surface area contributed by atoms with E-state index in [1.165, 1.54) is 6.42 Å². The Morgan fingerprint density at radius 2 is 1.88 bits per heavy atom. The van der Waals surface area contributed by atoms with Crippen molar-refractivity contribution in [2.75, 3.05) is 12.8 Å². The van der Waals surface area contributed by atoms with E-state index in [1.807, 2.05) is 23.9 Å². The molecule has 0 aromatic heterocycles. The fraction of sp³-hybridized carbons (Fsp3) is 0.500. The van der Waals surface area contributed by atoms with Crippen LogP contribution in [0.2, 0.25) is 10.0 Å². The number of halogens is 2. The van der Waals surface area contributed by atoms with Crippen molar-refractivity contribution in [2.24, 2.45) is 0 Å². The molecular weight excluding hydrogens is 261 g/mol. The molecule has 4 heteroatoms. The fourth-order valence-corrected chi connectivity index (χ4v) is 2.29. The minimum Gasteiger partial charge on any atom is -0.313 e. The van der Waals surface area contributed by atoms with Gasteiger partial charge in [-0.05, 0) is 43.0 Å². The maximum Gasteiger partial charge on any atom is 0.0424 e. The molecule has 1 nitrogen and oxygen atoms in total. The highest BCUT2D eigenvalue weighted by Gasteiger charge is 2.00. The molecule has 1 atom stereocenters. The van der Waals surface area contributed by atoms with Crippen LogP contribution in [-0.4, -0.2) is 18.1 Å². The standard InChI is InChI=1S/C12H17Cl2NS/c1-9(16-2)3-4-15-8-10-5-11(13)7-12(14)6-10/h5-7,9,15H,3-4,8H2,1-2H3.